The average molecular weight is 494 g/mol. The summed E-state index contributed by atoms with van der Waals surface area (Å²) in [5.41, 5.74) is 1.48. The Hall–Kier alpha value is -0.681. The van der Waals surface area contributed by atoms with E-state index < -0.39 is 9.23 Å². The van der Waals surface area contributed by atoms with Crippen molar-refractivity contribution in [2.45, 2.75) is 26.2 Å². The van der Waals surface area contributed by atoms with Crippen LogP contribution in [0.5, 0.6) is 0 Å². The number of benzene rings is 2. The van der Waals surface area contributed by atoms with E-state index in [1.54, 1.807) is 12.1 Å². The van der Waals surface area contributed by atoms with Crippen LogP contribution in [0.15, 0.2) is 48.5 Å². The summed E-state index contributed by atoms with van der Waals surface area (Å²) >= 11 is 7.52. The van der Waals surface area contributed by atoms with E-state index in [0.717, 1.165) is 8.92 Å². The molecule has 0 saturated heterocycles. The molecule has 0 aliphatic heterocycles. The Bertz CT molecular complexity index is 694. The van der Waals surface area contributed by atoms with E-state index in [1.165, 1.54) is 5.56 Å². The third-order valence-corrected chi connectivity index (χ3v) is 14.6. The molecule has 2 rings (SSSR count). The van der Waals surface area contributed by atoms with Gasteiger partial charge >= 0.3 is 147 Å². The molecule has 0 radical (unpaired) electrons. The van der Waals surface area contributed by atoms with Crippen LogP contribution in [0.1, 0.15) is 26.3 Å². The van der Waals surface area contributed by atoms with Crippen molar-refractivity contribution >= 4 is 52.1 Å². The van der Waals surface area contributed by atoms with Gasteiger partial charge in [-0.15, -0.1) is 0 Å². The molecule has 0 aromatic heterocycles. The van der Waals surface area contributed by atoms with Gasteiger partial charge in [-0.1, -0.05) is 0 Å². The zero-order valence-electron chi connectivity index (χ0n) is 12.5. The van der Waals surface area contributed by atoms with Gasteiger partial charge in [0.1, 0.15) is 0 Å². The van der Waals surface area contributed by atoms with Crippen LogP contribution < -0.4 is 8.92 Å². The Labute approximate surface area is 146 Å². The van der Waals surface area contributed by atoms with Crippen molar-refractivity contribution in [2.24, 2.45) is 0 Å². The molecule has 2 aromatic rings. The molecule has 6 heteroatoms. The van der Waals surface area contributed by atoms with Gasteiger partial charge in [0.15, 0.2) is 0 Å². The number of rotatable bonds is 3. The zero-order chi connectivity index (χ0) is 16.5. The molecule has 2 aromatic carbocycles. The zero-order valence-corrected chi connectivity index (χ0v) is 17.4. The first-order valence-electron chi connectivity index (χ1n) is 6.70. The van der Waals surface area contributed by atoms with Crippen LogP contribution in [-0.2, 0) is 5.41 Å². The van der Waals surface area contributed by atoms with Crippen molar-refractivity contribution < 1.29 is 4.92 Å². The first-order chi connectivity index (χ1) is 10.1. The summed E-state index contributed by atoms with van der Waals surface area (Å²) in [6, 6.07) is 15.2. The monoisotopic (exact) mass is 493 g/mol. The van der Waals surface area contributed by atoms with Gasteiger partial charge < -0.3 is 0 Å². The van der Waals surface area contributed by atoms with Crippen LogP contribution in [-0.4, -0.2) is 14.2 Å². The van der Waals surface area contributed by atoms with E-state index in [1.807, 2.05) is 12.1 Å². The molecule has 0 aliphatic carbocycles. The minimum absolute atomic E-state index is 0.0854. The maximum atomic E-state index is 11.3. The van der Waals surface area contributed by atoms with E-state index in [2.05, 4.69) is 73.3 Å². The SMILES string of the molecule is CC(C)(C)c1ccc([Se](Br)(Br)c2ccccc2[N+](=O)[O-])cc1. The van der Waals surface area contributed by atoms with Gasteiger partial charge in [-0.25, -0.2) is 0 Å². The van der Waals surface area contributed by atoms with Gasteiger partial charge in [0.2, 0.25) is 0 Å². The number of nitro groups is 1. The predicted octanol–water partition coefficient (Wildman–Crippen LogP) is 4.24. The second-order valence-electron chi connectivity index (χ2n) is 5.97. The summed E-state index contributed by atoms with van der Waals surface area (Å²) in [4.78, 5) is 10.9. The Morgan fingerprint density at radius 1 is 1.00 bits per heavy atom. The standard InChI is InChI=1S/C16H17Br2NO2Se/c1-16(2,3)12-8-10-13(11-9-12)22(17,18)15-7-5-4-6-14(15)19(20)21/h4-11H,1-3H3. The number of hydrogen-bond acceptors (Lipinski definition) is 2. The Kier molecular flexibility index (Phi) is 5.17. The van der Waals surface area contributed by atoms with Crippen LogP contribution in [0.2, 0.25) is 0 Å². The quantitative estimate of drug-likeness (QED) is 0.364. The molecule has 0 atom stereocenters. The van der Waals surface area contributed by atoms with Crippen molar-refractivity contribution in [3.63, 3.8) is 0 Å². The number of hydrogen-bond donors (Lipinski definition) is 0. The summed E-state index contributed by atoms with van der Waals surface area (Å²) in [5.74, 6) is 0. The van der Waals surface area contributed by atoms with Gasteiger partial charge in [0.05, 0.1) is 0 Å². The Morgan fingerprint density at radius 2 is 1.55 bits per heavy atom. The number of para-hydroxylation sites is 1. The topological polar surface area (TPSA) is 43.1 Å². The summed E-state index contributed by atoms with van der Waals surface area (Å²) in [7, 11) is -2.67. The van der Waals surface area contributed by atoms with Crippen molar-refractivity contribution in [3.05, 3.63) is 64.2 Å². The van der Waals surface area contributed by atoms with Crippen molar-refractivity contribution in [1.82, 2.24) is 0 Å². The van der Waals surface area contributed by atoms with Gasteiger partial charge in [-0.2, -0.15) is 0 Å². The molecule has 0 fully saturated rings. The maximum absolute atomic E-state index is 11.3. The molecule has 0 aliphatic rings. The minimum atomic E-state index is -2.67. The van der Waals surface area contributed by atoms with Crippen LogP contribution in [0.3, 0.4) is 0 Å². The van der Waals surface area contributed by atoms with Gasteiger partial charge in [-0.3, -0.25) is 0 Å². The fraction of sp³-hybridized carbons (Fsp3) is 0.250. The van der Waals surface area contributed by atoms with Crippen LogP contribution >= 0.6 is 28.2 Å². The fourth-order valence-corrected chi connectivity index (χ4v) is 10.1. The van der Waals surface area contributed by atoms with E-state index >= 15 is 0 Å². The van der Waals surface area contributed by atoms with E-state index in [0.29, 0.717) is 0 Å². The fourth-order valence-electron chi connectivity index (χ4n) is 2.08. The molecule has 0 heterocycles. The number of nitrogens with zero attached hydrogens (tertiary/aromatic N) is 1. The van der Waals surface area contributed by atoms with Crippen molar-refractivity contribution in [1.29, 1.82) is 0 Å². The molecule has 0 unspecified atom stereocenters. The molecular formula is C16H17Br2NO2Se. The first-order valence-corrected chi connectivity index (χ1v) is 16.4. The van der Waals surface area contributed by atoms with Crippen LogP contribution in [0.25, 0.3) is 0 Å². The van der Waals surface area contributed by atoms with Gasteiger partial charge in [-0.05, 0) is 0 Å². The van der Waals surface area contributed by atoms with E-state index in [9.17, 15) is 10.1 Å². The molecule has 3 nitrogen and oxygen atoms in total. The van der Waals surface area contributed by atoms with Crippen molar-refractivity contribution in [2.75, 3.05) is 0 Å². The predicted molar refractivity (Wildman–Crippen MR) is 101 cm³/mol. The normalized spacial score (nSPS) is 13.0. The number of nitro benzene ring substituents is 1. The second kappa shape index (κ2) is 6.44. The molecular weight excluding hydrogens is 477 g/mol. The van der Waals surface area contributed by atoms with E-state index in [4.69, 9.17) is 0 Å². The molecule has 0 spiro atoms. The molecule has 22 heavy (non-hydrogen) atoms. The second-order valence-corrected chi connectivity index (χ2v) is 24.5. The Morgan fingerprint density at radius 3 is 2.05 bits per heavy atom. The van der Waals surface area contributed by atoms with Crippen molar-refractivity contribution in [3.8, 4) is 0 Å². The molecule has 0 amide bonds. The first kappa shape index (κ1) is 17.7. The summed E-state index contributed by atoms with van der Waals surface area (Å²) in [5, 5.41) is 11.3. The molecule has 0 saturated carbocycles. The molecule has 118 valence electrons. The van der Waals surface area contributed by atoms with Gasteiger partial charge in [0.25, 0.3) is 0 Å². The Balaban J connectivity index is 2.49. The number of halogens is 2. The third kappa shape index (κ3) is 3.62. The van der Waals surface area contributed by atoms with Crippen LogP contribution in [0.4, 0.5) is 5.69 Å². The molecule has 0 N–H and O–H groups in total. The van der Waals surface area contributed by atoms with E-state index in [-0.39, 0.29) is 16.0 Å². The summed E-state index contributed by atoms with van der Waals surface area (Å²) in [6.07, 6.45) is 0. The summed E-state index contributed by atoms with van der Waals surface area (Å²) < 4.78 is 1.80. The summed E-state index contributed by atoms with van der Waals surface area (Å²) in [6.45, 7) is 6.50. The molecule has 0 bridgehead atoms. The van der Waals surface area contributed by atoms with Crippen LogP contribution in [0, 0.1) is 10.1 Å². The average Bonchev–Trinajstić information content (AvgIpc) is 2.46. The van der Waals surface area contributed by atoms with Gasteiger partial charge in [0, 0.05) is 0 Å². The third-order valence-electron chi connectivity index (χ3n) is 3.35.